The minimum atomic E-state index is -3.33. The Morgan fingerprint density at radius 1 is 1.41 bits per heavy atom. The Morgan fingerprint density at radius 2 is 2.12 bits per heavy atom. The first-order valence-electron chi connectivity index (χ1n) is 5.29. The van der Waals surface area contributed by atoms with Gasteiger partial charge in [0.05, 0.1) is 12.4 Å². The molecule has 4 nitrogen and oxygen atoms in total. The van der Waals surface area contributed by atoms with Crippen molar-refractivity contribution in [3.63, 3.8) is 0 Å². The van der Waals surface area contributed by atoms with E-state index in [4.69, 9.17) is 4.74 Å². The van der Waals surface area contributed by atoms with Crippen molar-refractivity contribution in [3.8, 4) is 0 Å². The first-order chi connectivity index (χ1) is 7.94. The van der Waals surface area contributed by atoms with E-state index in [9.17, 15) is 8.42 Å². The van der Waals surface area contributed by atoms with Crippen LogP contribution in [0.25, 0.3) is 0 Å². The molecule has 0 unspecified atom stereocenters. The average molecular weight is 322 g/mol. The van der Waals surface area contributed by atoms with Crippen molar-refractivity contribution in [1.82, 2.24) is 0 Å². The van der Waals surface area contributed by atoms with Crippen LogP contribution in [0.2, 0.25) is 0 Å². The number of halogens is 1. The molecule has 6 heteroatoms. The van der Waals surface area contributed by atoms with Gasteiger partial charge in [0.25, 0.3) is 0 Å². The number of benzene rings is 1. The van der Waals surface area contributed by atoms with Gasteiger partial charge in [0.1, 0.15) is 0 Å². The SMILES string of the molecule is CCOCCS(=O)(=O)Nc1ccc(Br)c(C)c1. The van der Waals surface area contributed by atoms with E-state index < -0.39 is 10.0 Å². The summed E-state index contributed by atoms with van der Waals surface area (Å²) in [5, 5.41) is 0. The molecule has 0 heterocycles. The Hall–Kier alpha value is -0.590. The number of rotatable bonds is 6. The second-order valence-corrected chi connectivity index (χ2v) is 6.28. The number of hydrogen-bond acceptors (Lipinski definition) is 3. The summed E-state index contributed by atoms with van der Waals surface area (Å²) in [4.78, 5) is 0. The van der Waals surface area contributed by atoms with Gasteiger partial charge in [-0.25, -0.2) is 8.42 Å². The smallest absolute Gasteiger partial charge is 0.234 e. The minimum Gasteiger partial charge on any atom is -0.381 e. The molecule has 96 valence electrons. The molecule has 0 aliphatic rings. The van der Waals surface area contributed by atoms with Crippen LogP contribution in [0.15, 0.2) is 22.7 Å². The maximum atomic E-state index is 11.7. The Morgan fingerprint density at radius 3 is 2.71 bits per heavy atom. The third-order valence-corrected chi connectivity index (χ3v) is 4.27. The predicted octanol–water partition coefficient (Wildman–Crippen LogP) is 2.54. The van der Waals surface area contributed by atoms with Crippen LogP contribution in [0, 0.1) is 6.92 Å². The van der Waals surface area contributed by atoms with Crippen LogP contribution in [0.5, 0.6) is 0 Å². The topological polar surface area (TPSA) is 55.4 Å². The van der Waals surface area contributed by atoms with Crippen molar-refractivity contribution in [2.75, 3.05) is 23.7 Å². The lowest BCUT2D eigenvalue weighted by Gasteiger charge is -2.09. The number of anilines is 1. The molecule has 0 saturated heterocycles. The molecule has 1 aromatic rings. The molecular weight excluding hydrogens is 306 g/mol. The lowest BCUT2D eigenvalue weighted by Crippen LogP contribution is -2.20. The van der Waals surface area contributed by atoms with Crippen LogP contribution >= 0.6 is 15.9 Å². The molecule has 1 N–H and O–H groups in total. The molecule has 0 spiro atoms. The highest BCUT2D eigenvalue weighted by atomic mass is 79.9. The van der Waals surface area contributed by atoms with Gasteiger partial charge in [0, 0.05) is 16.8 Å². The van der Waals surface area contributed by atoms with E-state index in [2.05, 4.69) is 20.7 Å². The Labute approximate surface area is 111 Å². The first kappa shape index (κ1) is 14.5. The van der Waals surface area contributed by atoms with Crippen LogP contribution in [0.1, 0.15) is 12.5 Å². The van der Waals surface area contributed by atoms with Gasteiger partial charge >= 0.3 is 0 Å². The summed E-state index contributed by atoms with van der Waals surface area (Å²) in [6.07, 6.45) is 0. The van der Waals surface area contributed by atoms with Crippen molar-refractivity contribution >= 4 is 31.6 Å². The minimum absolute atomic E-state index is 0.0318. The van der Waals surface area contributed by atoms with Crippen molar-refractivity contribution in [2.45, 2.75) is 13.8 Å². The summed E-state index contributed by atoms with van der Waals surface area (Å²) < 4.78 is 31.8. The predicted molar refractivity (Wildman–Crippen MR) is 72.8 cm³/mol. The number of nitrogens with one attached hydrogen (secondary N) is 1. The third-order valence-electron chi connectivity index (χ3n) is 2.13. The van der Waals surface area contributed by atoms with E-state index in [1.807, 2.05) is 19.9 Å². The van der Waals surface area contributed by atoms with Crippen molar-refractivity contribution in [2.24, 2.45) is 0 Å². The molecule has 1 rings (SSSR count). The van der Waals surface area contributed by atoms with E-state index >= 15 is 0 Å². The summed E-state index contributed by atoms with van der Waals surface area (Å²) in [6, 6.07) is 5.31. The fraction of sp³-hybridized carbons (Fsp3) is 0.455. The summed E-state index contributed by atoms with van der Waals surface area (Å²) in [5.41, 5.74) is 1.55. The third kappa shape index (κ3) is 5.06. The molecule has 0 atom stereocenters. The molecular formula is C11H16BrNO3S. The van der Waals surface area contributed by atoms with Crippen molar-refractivity contribution < 1.29 is 13.2 Å². The Balaban J connectivity index is 2.66. The zero-order valence-electron chi connectivity index (χ0n) is 9.86. The maximum absolute atomic E-state index is 11.7. The normalized spacial score (nSPS) is 11.5. The zero-order valence-corrected chi connectivity index (χ0v) is 12.3. The van der Waals surface area contributed by atoms with Gasteiger partial charge in [-0.05, 0) is 37.6 Å². The Kier molecular flexibility index (Phi) is 5.42. The van der Waals surface area contributed by atoms with Gasteiger partial charge < -0.3 is 4.74 Å². The second-order valence-electron chi connectivity index (χ2n) is 3.58. The highest BCUT2D eigenvalue weighted by Crippen LogP contribution is 2.20. The monoisotopic (exact) mass is 321 g/mol. The van der Waals surface area contributed by atoms with Crippen LogP contribution in [-0.4, -0.2) is 27.4 Å². The van der Waals surface area contributed by atoms with Crippen molar-refractivity contribution in [3.05, 3.63) is 28.2 Å². The van der Waals surface area contributed by atoms with Crippen LogP contribution < -0.4 is 4.72 Å². The van der Waals surface area contributed by atoms with Gasteiger partial charge in [-0.15, -0.1) is 0 Å². The number of sulfonamides is 1. The first-order valence-corrected chi connectivity index (χ1v) is 7.73. The van der Waals surface area contributed by atoms with Crippen LogP contribution in [-0.2, 0) is 14.8 Å². The highest BCUT2D eigenvalue weighted by molar-refractivity contribution is 9.10. The number of aryl methyl sites for hydroxylation is 1. The molecule has 1 aromatic carbocycles. The molecule has 0 fully saturated rings. The van der Waals surface area contributed by atoms with Gasteiger partial charge in [0.2, 0.25) is 10.0 Å². The van der Waals surface area contributed by atoms with E-state index in [1.54, 1.807) is 12.1 Å². The zero-order chi connectivity index (χ0) is 12.9. The molecule has 0 aromatic heterocycles. The highest BCUT2D eigenvalue weighted by Gasteiger charge is 2.10. The number of ether oxygens (including phenoxy) is 1. The van der Waals surface area contributed by atoms with Crippen molar-refractivity contribution in [1.29, 1.82) is 0 Å². The van der Waals surface area contributed by atoms with Crippen LogP contribution in [0.3, 0.4) is 0 Å². The lowest BCUT2D eigenvalue weighted by molar-refractivity contribution is 0.163. The molecule has 0 aliphatic heterocycles. The summed E-state index contributed by atoms with van der Waals surface area (Å²) in [7, 11) is -3.33. The molecule has 0 amide bonds. The van der Waals surface area contributed by atoms with E-state index in [0.717, 1.165) is 10.0 Å². The Bertz CT molecular complexity index is 474. The molecule has 0 radical (unpaired) electrons. The number of hydrogen-bond donors (Lipinski definition) is 1. The van der Waals surface area contributed by atoms with Gasteiger partial charge in [-0.3, -0.25) is 4.72 Å². The van der Waals surface area contributed by atoms with E-state index in [-0.39, 0.29) is 12.4 Å². The average Bonchev–Trinajstić information content (AvgIpc) is 2.23. The van der Waals surface area contributed by atoms with Gasteiger partial charge in [0.15, 0.2) is 0 Å². The fourth-order valence-corrected chi connectivity index (χ4v) is 2.42. The van der Waals surface area contributed by atoms with E-state index in [0.29, 0.717) is 12.3 Å². The van der Waals surface area contributed by atoms with Crippen LogP contribution in [0.4, 0.5) is 5.69 Å². The summed E-state index contributed by atoms with van der Waals surface area (Å²) in [6.45, 7) is 4.47. The second kappa shape index (κ2) is 6.37. The fourth-order valence-electron chi connectivity index (χ4n) is 1.25. The maximum Gasteiger partial charge on any atom is 0.234 e. The summed E-state index contributed by atoms with van der Waals surface area (Å²) in [5.74, 6) is -0.0318. The standard InChI is InChI=1S/C11H16BrNO3S/c1-3-16-6-7-17(14,15)13-10-4-5-11(12)9(2)8-10/h4-5,8,13H,3,6-7H2,1-2H3. The van der Waals surface area contributed by atoms with Gasteiger partial charge in [-0.1, -0.05) is 15.9 Å². The molecule has 0 saturated carbocycles. The van der Waals surface area contributed by atoms with Gasteiger partial charge in [-0.2, -0.15) is 0 Å². The quantitative estimate of drug-likeness (QED) is 0.819. The van der Waals surface area contributed by atoms with E-state index in [1.165, 1.54) is 0 Å². The lowest BCUT2D eigenvalue weighted by atomic mass is 10.2. The molecule has 0 aliphatic carbocycles. The molecule has 17 heavy (non-hydrogen) atoms. The molecule has 0 bridgehead atoms. The largest absolute Gasteiger partial charge is 0.381 e. The summed E-state index contributed by atoms with van der Waals surface area (Å²) >= 11 is 3.36.